The SMILES string of the molecule is CC(=O)O.CC(=O)O.CC(=O)O.O=C(O)c1ccccc1.OCC(O)CO. The monoisotopic (exact) mass is 394 g/mol. The molecule has 156 valence electrons. The molecule has 0 aromatic heterocycles. The predicted octanol–water partition coefficient (Wildman–Crippen LogP) is -0.0106. The predicted molar refractivity (Wildman–Crippen MR) is 93.5 cm³/mol. The van der Waals surface area contributed by atoms with Crippen LogP contribution in [0.1, 0.15) is 31.1 Å². The number of carboxylic acid groups (broad SMARTS) is 4. The summed E-state index contributed by atoms with van der Waals surface area (Å²) in [5.74, 6) is -3.38. The first-order valence-electron chi connectivity index (χ1n) is 7.08. The van der Waals surface area contributed by atoms with Crippen molar-refractivity contribution < 1.29 is 54.9 Å². The number of benzene rings is 1. The smallest absolute Gasteiger partial charge is 0.335 e. The van der Waals surface area contributed by atoms with Gasteiger partial charge in [0.05, 0.1) is 18.8 Å². The number of aromatic carboxylic acids is 1. The van der Waals surface area contributed by atoms with Crippen molar-refractivity contribution in [1.29, 1.82) is 0 Å². The number of aliphatic hydroxyl groups is 3. The van der Waals surface area contributed by atoms with E-state index in [1.54, 1.807) is 30.3 Å². The Morgan fingerprint density at radius 2 is 1.00 bits per heavy atom. The van der Waals surface area contributed by atoms with Gasteiger partial charge in [0, 0.05) is 20.8 Å². The maximum Gasteiger partial charge on any atom is 0.335 e. The van der Waals surface area contributed by atoms with Crippen LogP contribution in [0.5, 0.6) is 0 Å². The summed E-state index contributed by atoms with van der Waals surface area (Å²) in [6.45, 7) is 2.52. The van der Waals surface area contributed by atoms with E-state index in [9.17, 15) is 4.79 Å². The first-order valence-corrected chi connectivity index (χ1v) is 7.08. The molecule has 7 N–H and O–H groups in total. The van der Waals surface area contributed by atoms with Crippen LogP contribution in [0.2, 0.25) is 0 Å². The van der Waals surface area contributed by atoms with Crippen LogP contribution in [0.25, 0.3) is 0 Å². The second kappa shape index (κ2) is 23.0. The first kappa shape index (κ1) is 31.7. The van der Waals surface area contributed by atoms with E-state index in [-0.39, 0.29) is 13.2 Å². The van der Waals surface area contributed by atoms with Gasteiger partial charge in [-0.1, -0.05) is 18.2 Å². The van der Waals surface area contributed by atoms with E-state index >= 15 is 0 Å². The van der Waals surface area contributed by atoms with Gasteiger partial charge in [0.25, 0.3) is 17.9 Å². The van der Waals surface area contributed by atoms with Crippen LogP contribution < -0.4 is 0 Å². The van der Waals surface area contributed by atoms with E-state index in [1.165, 1.54) is 0 Å². The lowest BCUT2D eigenvalue weighted by Crippen LogP contribution is -2.15. The van der Waals surface area contributed by atoms with Crippen molar-refractivity contribution in [3.8, 4) is 0 Å². The Balaban J connectivity index is -0.000000130. The summed E-state index contributed by atoms with van der Waals surface area (Å²) in [4.78, 5) is 37.2. The molecule has 1 rings (SSSR count). The minimum Gasteiger partial charge on any atom is -0.481 e. The van der Waals surface area contributed by atoms with Gasteiger partial charge in [-0.25, -0.2) is 4.79 Å². The van der Waals surface area contributed by atoms with Gasteiger partial charge in [-0.2, -0.15) is 0 Å². The number of hydrogen-bond acceptors (Lipinski definition) is 7. The molecule has 0 unspecified atom stereocenters. The number of aliphatic hydroxyl groups excluding tert-OH is 3. The third-order valence-corrected chi connectivity index (χ3v) is 1.44. The molecular formula is C16H26O11. The van der Waals surface area contributed by atoms with Crippen LogP contribution in [0.3, 0.4) is 0 Å². The minimum absolute atomic E-state index is 0.331. The number of carboxylic acids is 4. The third kappa shape index (κ3) is 60.0. The fraction of sp³-hybridized carbons (Fsp3) is 0.375. The van der Waals surface area contributed by atoms with Gasteiger partial charge in [0.15, 0.2) is 0 Å². The lowest BCUT2D eigenvalue weighted by atomic mass is 10.2. The fourth-order valence-corrected chi connectivity index (χ4v) is 0.638. The summed E-state index contributed by atoms with van der Waals surface area (Å²) in [5, 5.41) is 54.7. The van der Waals surface area contributed by atoms with E-state index in [1.807, 2.05) is 0 Å². The molecule has 27 heavy (non-hydrogen) atoms. The maximum absolute atomic E-state index is 10.2. The van der Waals surface area contributed by atoms with Crippen molar-refractivity contribution >= 4 is 23.9 Å². The van der Waals surface area contributed by atoms with Crippen molar-refractivity contribution in [1.82, 2.24) is 0 Å². The summed E-state index contributed by atoms with van der Waals surface area (Å²) in [7, 11) is 0. The summed E-state index contributed by atoms with van der Waals surface area (Å²) < 4.78 is 0. The van der Waals surface area contributed by atoms with Crippen LogP contribution in [0.4, 0.5) is 0 Å². The van der Waals surface area contributed by atoms with Crippen molar-refractivity contribution in [2.75, 3.05) is 13.2 Å². The maximum atomic E-state index is 10.2. The van der Waals surface area contributed by atoms with Crippen LogP contribution in [-0.2, 0) is 14.4 Å². The average Bonchev–Trinajstić information content (AvgIpc) is 2.54. The average molecular weight is 394 g/mol. The molecule has 0 bridgehead atoms. The summed E-state index contributed by atoms with van der Waals surface area (Å²) >= 11 is 0. The van der Waals surface area contributed by atoms with Crippen LogP contribution in [0.15, 0.2) is 30.3 Å². The Morgan fingerprint density at radius 1 is 0.741 bits per heavy atom. The fourth-order valence-electron chi connectivity index (χ4n) is 0.638. The summed E-state index contributed by atoms with van der Waals surface area (Å²) in [5.41, 5.74) is 0.331. The van der Waals surface area contributed by atoms with Gasteiger partial charge in [0.1, 0.15) is 6.10 Å². The molecule has 1 aromatic rings. The zero-order valence-corrected chi connectivity index (χ0v) is 15.1. The molecule has 0 aliphatic heterocycles. The van der Waals surface area contributed by atoms with Crippen molar-refractivity contribution in [2.24, 2.45) is 0 Å². The van der Waals surface area contributed by atoms with E-state index < -0.39 is 30.0 Å². The molecule has 0 saturated carbocycles. The quantitative estimate of drug-likeness (QED) is 0.362. The highest BCUT2D eigenvalue weighted by atomic mass is 16.4. The molecular weight excluding hydrogens is 368 g/mol. The van der Waals surface area contributed by atoms with Crippen molar-refractivity contribution in [3.63, 3.8) is 0 Å². The second-order valence-corrected chi connectivity index (χ2v) is 4.25. The highest BCUT2D eigenvalue weighted by molar-refractivity contribution is 5.87. The molecule has 0 saturated heterocycles. The number of carbonyl (C=O) groups is 4. The molecule has 0 aliphatic rings. The van der Waals surface area contributed by atoms with Gasteiger partial charge < -0.3 is 35.7 Å². The molecule has 1 aromatic carbocycles. The largest absolute Gasteiger partial charge is 0.481 e. The first-order chi connectivity index (χ1) is 12.3. The molecule has 0 aliphatic carbocycles. The summed E-state index contributed by atoms with van der Waals surface area (Å²) in [6.07, 6.45) is -0.954. The Hall–Kier alpha value is -3.02. The third-order valence-electron chi connectivity index (χ3n) is 1.44. The number of rotatable bonds is 3. The van der Waals surface area contributed by atoms with Gasteiger partial charge in [-0.3, -0.25) is 14.4 Å². The van der Waals surface area contributed by atoms with Gasteiger partial charge in [-0.05, 0) is 12.1 Å². The highest BCUT2D eigenvalue weighted by Crippen LogP contribution is 1.96. The van der Waals surface area contributed by atoms with Gasteiger partial charge >= 0.3 is 5.97 Å². The molecule has 0 amide bonds. The topological polar surface area (TPSA) is 210 Å². The zero-order chi connectivity index (χ0) is 22.4. The molecule has 11 heteroatoms. The number of aliphatic carboxylic acids is 3. The normalized spacial score (nSPS) is 7.96. The van der Waals surface area contributed by atoms with E-state index in [4.69, 9.17) is 50.1 Å². The Kier molecular flexibility index (Phi) is 27.0. The Bertz CT molecular complexity index is 470. The Labute approximate surface area is 155 Å². The van der Waals surface area contributed by atoms with Crippen molar-refractivity contribution in [2.45, 2.75) is 26.9 Å². The molecule has 0 fully saturated rings. The molecule has 0 atom stereocenters. The standard InChI is InChI=1S/C7H6O2.C3H8O3.3C2H4O2/c8-7(9)6-4-2-1-3-5-6;4-1-3(6)2-5;3*1-2(3)4/h1-5H,(H,8,9);3-6H,1-2H2;3*1H3,(H,3,4). The molecule has 0 radical (unpaired) electrons. The number of hydrogen-bond donors (Lipinski definition) is 7. The van der Waals surface area contributed by atoms with Crippen LogP contribution in [0, 0.1) is 0 Å². The molecule has 11 nitrogen and oxygen atoms in total. The van der Waals surface area contributed by atoms with E-state index in [0.717, 1.165) is 20.8 Å². The second-order valence-electron chi connectivity index (χ2n) is 4.25. The minimum atomic E-state index is -0.954. The van der Waals surface area contributed by atoms with Crippen LogP contribution in [-0.4, -0.2) is 78.9 Å². The van der Waals surface area contributed by atoms with E-state index in [0.29, 0.717) is 5.56 Å². The zero-order valence-electron chi connectivity index (χ0n) is 15.1. The molecule has 0 spiro atoms. The lowest BCUT2D eigenvalue weighted by Gasteiger charge is -1.96. The highest BCUT2D eigenvalue weighted by Gasteiger charge is 1.96. The molecule has 0 heterocycles. The van der Waals surface area contributed by atoms with Crippen LogP contribution >= 0.6 is 0 Å². The van der Waals surface area contributed by atoms with Gasteiger partial charge in [0.2, 0.25) is 0 Å². The Morgan fingerprint density at radius 3 is 1.11 bits per heavy atom. The lowest BCUT2D eigenvalue weighted by molar-refractivity contribution is -0.135. The summed E-state index contributed by atoms with van der Waals surface area (Å²) in [6, 6.07) is 8.30. The van der Waals surface area contributed by atoms with Crippen molar-refractivity contribution in [3.05, 3.63) is 35.9 Å². The van der Waals surface area contributed by atoms with E-state index in [2.05, 4.69) is 0 Å². The van der Waals surface area contributed by atoms with Gasteiger partial charge in [-0.15, -0.1) is 0 Å².